The highest BCUT2D eigenvalue weighted by atomic mass is 35.5. The Morgan fingerprint density at radius 1 is 0.780 bits per heavy atom. The number of halogens is 1. The van der Waals surface area contributed by atoms with Gasteiger partial charge in [-0.15, -0.1) is 0 Å². The first-order valence-corrected chi connectivity index (χ1v) is 13.8. The van der Waals surface area contributed by atoms with Crippen molar-refractivity contribution >= 4 is 29.0 Å². The van der Waals surface area contributed by atoms with Crippen molar-refractivity contribution in [2.45, 2.75) is 13.3 Å². The van der Waals surface area contributed by atoms with Crippen LogP contribution in [-0.4, -0.2) is 75.7 Å². The van der Waals surface area contributed by atoms with E-state index < -0.39 is 0 Å². The average molecular weight is 579 g/mol. The molecular weight excluding hydrogens is 544 g/mol. The molecule has 1 aliphatic heterocycles. The molecule has 0 spiro atoms. The summed E-state index contributed by atoms with van der Waals surface area (Å²) in [6.07, 6.45) is 2.58. The summed E-state index contributed by atoms with van der Waals surface area (Å²) in [5, 5.41) is 0.621. The number of ether oxygens (including phenoxy) is 4. The maximum Gasteiger partial charge on any atom is 0.254 e. The van der Waals surface area contributed by atoms with Crippen molar-refractivity contribution in [2.75, 3.05) is 54.1 Å². The standard InChI is InChI=1S/C32H35ClN2O6/c1-5-18-41-26-12-8-23(9-13-26)27(22-6-10-25(33)11-7-22)21-30(36)34-14-16-35(17-15-34)32(37)24-19-28(38-2)31(40-4)29(20-24)39-3/h6-13,19-21H,5,14-18H2,1-4H3/b27-21-. The topological polar surface area (TPSA) is 77.5 Å². The number of hydrogen-bond acceptors (Lipinski definition) is 6. The van der Waals surface area contributed by atoms with E-state index in [1.807, 2.05) is 48.5 Å². The number of nitrogens with zero attached hydrogens (tertiary/aromatic N) is 2. The average Bonchev–Trinajstić information content (AvgIpc) is 3.02. The lowest BCUT2D eigenvalue weighted by Gasteiger charge is -2.34. The number of rotatable bonds is 10. The Kier molecular flexibility index (Phi) is 10.1. The third-order valence-electron chi connectivity index (χ3n) is 6.85. The highest BCUT2D eigenvalue weighted by Gasteiger charge is 2.26. The molecule has 1 fully saturated rings. The zero-order valence-corrected chi connectivity index (χ0v) is 24.6. The van der Waals surface area contributed by atoms with Gasteiger partial charge in [-0.05, 0) is 59.5 Å². The molecule has 2 amide bonds. The largest absolute Gasteiger partial charge is 0.494 e. The molecule has 0 unspecified atom stereocenters. The first-order chi connectivity index (χ1) is 19.9. The van der Waals surface area contributed by atoms with Crippen LogP contribution < -0.4 is 18.9 Å². The van der Waals surface area contributed by atoms with Crippen LogP contribution in [0.4, 0.5) is 0 Å². The van der Waals surface area contributed by atoms with Crippen LogP contribution in [0.1, 0.15) is 34.8 Å². The van der Waals surface area contributed by atoms with E-state index in [9.17, 15) is 9.59 Å². The second-order valence-corrected chi connectivity index (χ2v) is 9.91. The number of piperazine rings is 1. The Morgan fingerprint density at radius 3 is 1.83 bits per heavy atom. The van der Waals surface area contributed by atoms with Crippen molar-refractivity contribution in [3.8, 4) is 23.0 Å². The maximum atomic E-state index is 13.5. The molecule has 1 heterocycles. The van der Waals surface area contributed by atoms with Crippen LogP contribution in [0.25, 0.3) is 5.57 Å². The lowest BCUT2D eigenvalue weighted by atomic mass is 9.97. The normalized spacial score (nSPS) is 13.5. The number of methoxy groups -OCH3 is 3. The Labute approximate surface area is 246 Å². The second kappa shape index (κ2) is 13.9. The van der Waals surface area contributed by atoms with Gasteiger partial charge in [0.2, 0.25) is 11.7 Å². The molecule has 0 radical (unpaired) electrons. The minimum atomic E-state index is -0.167. The number of benzene rings is 3. The summed E-state index contributed by atoms with van der Waals surface area (Å²) in [5.41, 5.74) is 2.97. The molecule has 1 saturated heterocycles. The van der Waals surface area contributed by atoms with Crippen LogP contribution >= 0.6 is 11.6 Å². The number of amides is 2. The molecule has 216 valence electrons. The molecule has 1 aliphatic rings. The monoisotopic (exact) mass is 578 g/mol. The van der Waals surface area contributed by atoms with Gasteiger partial charge in [-0.25, -0.2) is 0 Å². The predicted octanol–water partition coefficient (Wildman–Crippen LogP) is 5.57. The van der Waals surface area contributed by atoms with Crippen molar-refractivity contribution in [2.24, 2.45) is 0 Å². The van der Waals surface area contributed by atoms with Crippen LogP contribution in [-0.2, 0) is 4.79 Å². The fraction of sp³-hybridized carbons (Fsp3) is 0.312. The van der Waals surface area contributed by atoms with Gasteiger partial charge in [0, 0.05) is 42.8 Å². The molecule has 0 bridgehead atoms. The number of carbonyl (C=O) groups excluding carboxylic acids is 2. The van der Waals surface area contributed by atoms with Crippen LogP contribution in [0.5, 0.6) is 23.0 Å². The van der Waals surface area contributed by atoms with E-state index in [0.29, 0.717) is 60.6 Å². The summed E-state index contributed by atoms with van der Waals surface area (Å²) in [5.74, 6) is 1.74. The van der Waals surface area contributed by atoms with Crippen molar-refractivity contribution in [1.82, 2.24) is 9.80 Å². The first kappa shape index (κ1) is 29.8. The van der Waals surface area contributed by atoms with Gasteiger partial charge >= 0.3 is 0 Å². The summed E-state index contributed by atoms with van der Waals surface area (Å²) < 4.78 is 21.9. The van der Waals surface area contributed by atoms with Crippen LogP contribution in [0.2, 0.25) is 5.02 Å². The third-order valence-corrected chi connectivity index (χ3v) is 7.10. The summed E-state index contributed by atoms with van der Waals surface area (Å²) >= 11 is 6.13. The quantitative estimate of drug-likeness (QED) is 0.293. The Hall–Kier alpha value is -4.17. The molecule has 3 aromatic rings. The molecule has 4 rings (SSSR count). The molecule has 8 nitrogen and oxygen atoms in total. The van der Waals surface area contributed by atoms with Gasteiger partial charge in [0.15, 0.2) is 11.5 Å². The maximum absolute atomic E-state index is 13.5. The van der Waals surface area contributed by atoms with Gasteiger partial charge < -0.3 is 28.7 Å². The van der Waals surface area contributed by atoms with Crippen LogP contribution in [0.3, 0.4) is 0 Å². The number of hydrogen-bond donors (Lipinski definition) is 0. The molecule has 0 aliphatic carbocycles. The van der Waals surface area contributed by atoms with E-state index in [4.69, 9.17) is 30.5 Å². The van der Waals surface area contributed by atoms with E-state index in [2.05, 4.69) is 6.92 Å². The Morgan fingerprint density at radius 2 is 1.32 bits per heavy atom. The van der Waals surface area contributed by atoms with Gasteiger partial charge in [-0.1, -0.05) is 42.8 Å². The molecule has 0 atom stereocenters. The van der Waals surface area contributed by atoms with E-state index >= 15 is 0 Å². The van der Waals surface area contributed by atoms with Crippen molar-refractivity contribution in [3.05, 3.63) is 88.5 Å². The smallest absolute Gasteiger partial charge is 0.254 e. The second-order valence-electron chi connectivity index (χ2n) is 9.47. The molecule has 9 heteroatoms. The fourth-order valence-electron chi connectivity index (χ4n) is 4.65. The van der Waals surface area contributed by atoms with Gasteiger partial charge in [0.05, 0.1) is 27.9 Å². The summed E-state index contributed by atoms with van der Waals surface area (Å²) in [7, 11) is 4.54. The zero-order chi connectivity index (χ0) is 29.4. The molecule has 0 saturated carbocycles. The molecule has 0 aromatic heterocycles. The number of carbonyl (C=O) groups is 2. The minimum absolute atomic E-state index is 0.124. The molecule has 3 aromatic carbocycles. The van der Waals surface area contributed by atoms with Crippen molar-refractivity contribution in [3.63, 3.8) is 0 Å². The summed E-state index contributed by atoms with van der Waals surface area (Å²) in [6.45, 7) is 4.31. The molecule has 41 heavy (non-hydrogen) atoms. The van der Waals surface area contributed by atoms with Crippen LogP contribution in [0, 0.1) is 0 Å². The van der Waals surface area contributed by atoms with E-state index in [-0.39, 0.29) is 11.8 Å². The Bertz CT molecular complexity index is 1360. The van der Waals surface area contributed by atoms with Crippen LogP contribution in [0.15, 0.2) is 66.7 Å². The highest BCUT2D eigenvalue weighted by molar-refractivity contribution is 6.30. The van der Waals surface area contributed by atoms with Crippen molar-refractivity contribution < 1.29 is 28.5 Å². The molecular formula is C32H35ClN2O6. The predicted molar refractivity (Wildman–Crippen MR) is 159 cm³/mol. The zero-order valence-electron chi connectivity index (χ0n) is 23.8. The van der Waals surface area contributed by atoms with E-state index in [1.165, 1.54) is 21.3 Å². The molecule has 0 N–H and O–H groups in total. The van der Waals surface area contributed by atoms with Gasteiger partial charge in [0.1, 0.15) is 5.75 Å². The fourth-order valence-corrected chi connectivity index (χ4v) is 4.77. The van der Waals surface area contributed by atoms with E-state index in [0.717, 1.165) is 28.9 Å². The summed E-state index contributed by atoms with van der Waals surface area (Å²) in [4.78, 5) is 30.3. The lowest BCUT2D eigenvalue weighted by Crippen LogP contribution is -2.50. The third kappa shape index (κ3) is 7.13. The van der Waals surface area contributed by atoms with Gasteiger partial charge in [0.25, 0.3) is 5.91 Å². The van der Waals surface area contributed by atoms with Gasteiger partial charge in [-0.3, -0.25) is 9.59 Å². The SMILES string of the molecule is CCCOc1ccc(/C(=C\C(=O)N2CCN(C(=O)c3cc(OC)c(OC)c(OC)c3)CC2)c2ccc(Cl)cc2)cc1. The van der Waals surface area contributed by atoms with Gasteiger partial charge in [-0.2, -0.15) is 0 Å². The lowest BCUT2D eigenvalue weighted by molar-refractivity contribution is -0.127. The van der Waals surface area contributed by atoms with Crippen molar-refractivity contribution in [1.29, 1.82) is 0 Å². The first-order valence-electron chi connectivity index (χ1n) is 13.5. The summed E-state index contributed by atoms with van der Waals surface area (Å²) in [6, 6.07) is 18.4. The Balaban J connectivity index is 1.50. The highest BCUT2D eigenvalue weighted by Crippen LogP contribution is 2.38. The minimum Gasteiger partial charge on any atom is -0.494 e. The van der Waals surface area contributed by atoms with E-state index in [1.54, 1.807) is 28.0 Å².